The molecule has 2 amide bonds. The summed E-state index contributed by atoms with van der Waals surface area (Å²) in [6, 6.07) is 0.0778. The van der Waals surface area contributed by atoms with Gasteiger partial charge in [-0.15, -0.1) is 0 Å². The first kappa shape index (κ1) is 15.5. The number of aryl methyl sites for hydroxylation is 1. The van der Waals surface area contributed by atoms with E-state index in [9.17, 15) is 4.79 Å². The van der Waals surface area contributed by atoms with E-state index >= 15 is 0 Å². The fourth-order valence-electron chi connectivity index (χ4n) is 2.96. The summed E-state index contributed by atoms with van der Waals surface area (Å²) in [5.41, 5.74) is 0.996. The summed E-state index contributed by atoms with van der Waals surface area (Å²) in [6.45, 7) is 5.78. The molecule has 2 aromatic heterocycles. The number of imidazole rings is 1. The van der Waals surface area contributed by atoms with Gasteiger partial charge in [0.1, 0.15) is 5.82 Å². The predicted molar refractivity (Wildman–Crippen MR) is 85.6 cm³/mol. The van der Waals surface area contributed by atoms with Crippen LogP contribution in [0, 0.1) is 0 Å². The molecule has 0 aliphatic carbocycles. The highest BCUT2D eigenvalue weighted by molar-refractivity contribution is 5.74. The Kier molecular flexibility index (Phi) is 4.61. The number of rotatable bonds is 4. The number of aromatic amines is 1. The minimum absolute atomic E-state index is 0.0406. The van der Waals surface area contributed by atoms with Crippen molar-refractivity contribution in [2.45, 2.75) is 19.5 Å². The van der Waals surface area contributed by atoms with Crippen LogP contribution in [0.25, 0.3) is 0 Å². The molecule has 8 heteroatoms. The topological polar surface area (TPSA) is 82.1 Å². The molecular weight excluding hydrogens is 294 g/mol. The Morgan fingerprint density at radius 3 is 3.00 bits per heavy atom. The highest BCUT2D eigenvalue weighted by Gasteiger charge is 2.31. The van der Waals surface area contributed by atoms with Crippen LogP contribution in [0.15, 0.2) is 24.8 Å². The molecule has 0 saturated carbocycles. The van der Waals surface area contributed by atoms with E-state index in [4.69, 9.17) is 0 Å². The van der Waals surface area contributed by atoms with E-state index in [0.29, 0.717) is 13.1 Å². The van der Waals surface area contributed by atoms with Crippen LogP contribution < -0.4 is 5.32 Å². The third-order valence-electron chi connectivity index (χ3n) is 4.22. The Bertz CT molecular complexity index is 636. The highest BCUT2D eigenvalue weighted by atomic mass is 16.2. The number of H-pyrrole nitrogens is 1. The van der Waals surface area contributed by atoms with Crippen molar-refractivity contribution < 1.29 is 4.79 Å². The van der Waals surface area contributed by atoms with Crippen molar-refractivity contribution in [3.8, 4) is 0 Å². The van der Waals surface area contributed by atoms with E-state index in [1.54, 1.807) is 17.1 Å². The molecule has 0 spiro atoms. The lowest BCUT2D eigenvalue weighted by Crippen LogP contribution is -2.53. The van der Waals surface area contributed by atoms with Gasteiger partial charge in [0.2, 0.25) is 0 Å². The number of urea groups is 1. The third-order valence-corrected chi connectivity index (χ3v) is 4.22. The first-order valence-electron chi connectivity index (χ1n) is 7.91. The quantitative estimate of drug-likeness (QED) is 0.871. The molecule has 23 heavy (non-hydrogen) atoms. The summed E-state index contributed by atoms with van der Waals surface area (Å²) in [6.07, 6.45) is 7.25. The van der Waals surface area contributed by atoms with Gasteiger partial charge in [-0.2, -0.15) is 5.10 Å². The summed E-state index contributed by atoms with van der Waals surface area (Å²) in [4.78, 5) is 24.2. The summed E-state index contributed by atoms with van der Waals surface area (Å²) < 4.78 is 1.73. The van der Waals surface area contributed by atoms with Crippen molar-refractivity contribution in [2.24, 2.45) is 7.05 Å². The third kappa shape index (κ3) is 3.53. The second-order valence-corrected chi connectivity index (χ2v) is 5.75. The number of aromatic nitrogens is 4. The molecule has 2 N–H and O–H groups in total. The zero-order chi connectivity index (χ0) is 16.2. The van der Waals surface area contributed by atoms with Gasteiger partial charge < -0.3 is 15.2 Å². The second kappa shape index (κ2) is 6.82. The minimum atomic E-state index is -0.0406. The number of piperazine rings is 1. The number of hydrogen-bond acceptors (Lipinski definition) is 4. The maximum Gasteiger partial charge on any atom is 0.317 e. The van der Waals surface area contributed by atoms with Crippen LogP contribution in [0.1, 0.15) is 24.4 Å². The smallest absolute Gasteiger partial charge is 0.317 e. The summed E-state index contributed by atoms with van der Waals surface area (Å²) in [7, 11) is 1.86. The molecule has 0 radical (unpaired) electrons. The van der Waals surface area contributed by atoms with Crippen molar-refractivity contribution in [1.29, 1.82) is 0 Å². The number of carbonyl (C=O) groups is 1. The van der Waals surface area contributed by atoms with Crippen LogP contribution in [0.2, 0.25) is 0 Å². The van der Waals surface area contributed by atoms with E-state index in [0.717, 1.165) is 31.0 Å². The number of carbonyl (C=O) groups excluding carboxylic acids is 1. The zero-order valence-corrected chi connectivity index (χ0v) is 13.6. The van der Waals surface area contributed by atoms with Gasteiger partial charge in [0, 0.05) is 57.4 Å². The molecule has 1 fully saturated rings. The van der Waals surface area contributed by atoms with Crippen LogP contribution in [-0.2, 0) is 13.6 Å². The molecule has 3 heterocycles. The molecule has 0 bridgehead atoms. The van der Waals surface area contributed by atoms with E-state index in [1.807, 2.05) is 24.3 Å². The predicted octanol–water partition coefficient (Wildman–Crippen LogP) is 0.732. The number of nitrogens with zero attached hydrogens (tertiary/aromatic N) is 5. The monoisotopic (exact) mass is 317 g/mol. The normalized spacial score (nSPS) is 19.0. The minimum Gasteiger partial charge on any atom is -0.347 e. The molecule has 0 aromatic carbocycles. The molecule has 2 aromatic rings. The van der Waals surface area contributed by atoms with Gasteiger partial charge in [0.25, 0.3) is 0 Å². The van der Waals surface area contributed by atoms with Crippen LogP contribution in [0.3, 0.4) is 0 Å². The van der Waals surface area contributed by atoms with Crippen LogP contribution >= 0.6 is 0 Å². The Hall–Kier alpha value is -2.35. The van der Waals surface area contributed by atoms with E-state index < -0.39 is 0 Å². The van der Waals surface area contributed by atoms with Crippen molar-refractivity contribution in [3.63, 3.8) is 0 Å². The molecule has 1 aliphatic heterocycles. The molecule has 1 aliphatic rings. The lowest BCUT2D eigenvalue weighted by atomic mass is 10.1. The average molecular weight is 317 g/mol. The Labute approximate surface area is 135 Å². The van der Waals surface area contributed by atoms with Crippen molar-refractivity contribution in [3.05, 3.63) is 36.2 Å². The fourth-order valence-corrected chi connectivity index (χ4v) is 2.96. The number of nitrogens with one attached hydrogen (secondary N) is 2. The summed E-state index contributed by atoms with van der Waals surface area (Å²) in [5, 5.41) is 7.07. The standard InChI is InChI=1S/C15H23N7O/c1-3-21-6-7-22(11-13(21)14-16-4-5-17-14)15(23)18-8-12-9-19-20(2)10-12/h4-5,9-10,13H,3,6-8,11H2,1-2H3,(H,16,17)(H,18,23)/t13-/m1/s1. The zero-order valence-electron chi connectivity index (χ0n) is 13.6. The van der Waals surface area contributed by atoms with Crippen molar-refractivity contribution >= 4 is 6.03 Å². The summed E-state index contributed by atoms with van der Waals surface area (Å²) >= 11 is 0. The Balaban J connectivity index is 1.60. The molecule has 1 atom stereocenters. The van der Waals surface area contributed by atoms with E-state index in [2.05, 4.69) is 32.2 Å². The number of hydrogen-bond donors (Lipinski definition) is 2. The van der Waals surface area contributed by atoms with Gasteiger partial charge in [-0.25, -0.2) is 9.78 Å². The van der Waals surface area contributed by atoms with E-state index in [1.165, 1.54) is 0 Å². The Morgan fingerprint density at radius 2 is 2.35 bits per heavy atom. The molecular formula is C15H23N7O. The maximum atomic E-state index is 12.4. The first-order chi connectivity index (χ1) is 11.2. The maximum absolute atomic E-state index is 12.4. The lowest BCUT2D eigenvalue weighted by molar-refractivity contribution is 0.0896. The lowest BCUT2D eigenvalue weighted by Gasteiger charge is -2.39. The van der Waals surface area contributed by atoms with Gasteiger partial charge in [0.05, 0.1) is 12.2 Å². The van der Waals surface area contributed by atoms with Gasteiger partial charge in [0.15, 0.2) is 0 Å². The van der Waals surface area contributed by atoms with Gasteiger partial charge in [-0.1, -0.05) is 6.92 Å². The van der Waals surface area contributed by atoms with E-state index in [-0.39, 0.29) is 12.1 Å². The summed E-state index contributed by atoms with van der Waals surface area (Å²) in [5.74, 6) is 0.914. The largest absolute Gasteiger partial charge is 0.347 e. The van der Waals surface area contributed by atoms with Gasteiger partial charge in [-0.05, 0) is 6.54 Å². The van der Waals surface area contributed by atoms with Gasteiger partial charge in [-0.3, -0.25) is 9.58 Å². The Morgan fingerprint density at radius 1 is 1.48 bits per heavy atom. The van der Waals surface area contributed by atoms with Crippen LogP contribution in [0.5, 0.6) is 0 Å². The molecule has 3 rings (SSSR count). The average Bonchev–Trinajstić information content (AvgIpc) is 3.23. The fraction of sp³-hybridized carbons (Fsp3) is 0.533. The van der Waals surface area contributed by atoms with Crippen LogP contribution in [-0.4, -0.2) is 61.8 Å². The number of amides is 2. The number of likely N-dealkylation sites (N-methyl/N-ethyl adjacent to an activating group) is 1. The van der Waals surface area contributed by atoms with Crippen molar-refractivity contribution in [1.82, 2.24) is 34.9 Å². The second-order valence-electron chi connectivity index (χ2n) is 5.75. The molecule has 124 valence electrons. The molecule has 0 unspecified atom stereocenters. The highest BCUT2D eigenvalue weighted by Crippen LogP contribution is 2.22. The van der Waals surface area contributed by atoms with Gasteiger partial charge >= 0.3 is 6.03 Å². The molecule has 1 saturated heterocycles. The molecule has 8 nitrogen and oxygen atoms in total. The first-order valence-corrected chi connectivity index (χ1v) is 7.91. The van der Waals surface area contributed by atoms with Crippen LogP contribution in [0.4, 0.5) is 4.79 Å². The van der Waals surface area contributed by atoms with Crippen molar-refractivity contribution in [2.75, 3.05) is 26.2 Å². The SMILES string of the molecule is CCN1CCN(C(=O)NCc2cnn(C)c2)C[C@@H]1c1ncc[nH]1.